The molecule has 0 aliphatic rings. The van der Waals surface area contributed by atoms with Crippen LogP contribution in [0.15, 0.2) is 0 Å². The number of ether oxygens (including phenoxy) is 1. The Kier molecular flexibility index (Phi) is 7.13. The molecule has 0 amide bonds. The van der Waals surface area contributed by atoms with Crippen molar-refractivity contribution in [3.8, 4) is 0 Å². The van der Waals surface area contributed by atoms with Crippen LogP contribution in [0.25, 0.3) is 0 Å². The first-order chi connectivity index (χ1) is 7.67. The molecule has 2 atom stereocenters. The van der Waals surface area contributed by atoms with Gasteiger partial charge in [-0.3, -0.25) is 4.79 Å². The van der Waals surface area contributed by atoms with Crippen LogP contribution in [0.3, 0.4) is 0 Å². The molecule has 0 spiro atoms. The van der Waals surface area contributed by atoms with Gasteiger partial charge in [-0.15, -0.1) is 11.8 Å². The summed E-state index contributed by atoms with van der Waals surface area (Å²) in [6.45, 7) is 9.48. The minimum Gasteiger partial charge on any atom is -0.459 e. The maximum absolute atomic E-state index is 11.5. The molecule has 0 radical (unpaired) electrons. The van der Waals surface area contributed by atoms with Gasteiger partial charge in [0, 0.05) is 11.3 Å². The minimum atomic E-state index is -0.466. The van der Waals surface area contributed by atoms with E-state index in [0.29, 0.717) is 0 Å². The predicted octanol–water partition coefficient (Wildman–Crippen LogP) is 1.41. The second-order valence-electron chi connectivity index (χ2n) is 5.44. The number of hydrogen-bond donors (Lipinski definition) is 2. The van der Waals surface area contributed by atoms with Gasteiger partial charge in [0.25, 0.3) is 0 Å². The Morgan fingerprint density at radius 2 is 1.94 bits per heavy atom. The van der Waals surface area contributed by atoms with E-state index in [2.05, 4.69) is 0 Å². The van der Waals surface area contributed by atoms with Crippen molar-refractivity contribution in [3.05, 3.63) is 0 Å². The third-order valence-electron chi connectivity index (χ3n) is 2.21. The summed E-state index contributed by atoms with van der Waals surface area (Å²) in [6, 6.07) is -0.118. The van der Waals surface area contributed by atoms with Crippen LogP contribution in [-0.2, 0) is 9.53 Å². The molecule has 0 rings (SSSR count). The van der Waals surface area contributed by atoms with E-state index >= 15 is 0 Å². The molecular formula is C12H25NO3S. The number of carbonyl (C=O) groups is 1. The summed E-state index contributed by atoms with van der Waals surface area (Å²) in [7, 11) is 0. The zero-order chi connectivity index (χ0) is 13.6. The lowest BCUT2D eigenvalue weighted by Crippen LogP contribution is -2.40. The van der Waals surface area contributed by atoms with Crippen LogP contribution in [0, 0.1) is 5.92 Å². The molecule has 0 aromatic heterocycles. The van der Waals surface area contributed by atoms with Crippen molar-refractivity contribution in [3.63, 3.8) is 0 Å². The van der Waals surface area contributed by atoms with Gasteiger partial charge in [0.05, 0.1) is 12.4 Å². The third-order valence-corrected chi connectivity index (χ3v) is 3.51. The fourth-order valence-electron chi connectivity index (χ4n) is 1.26. The molecule has 0 aromatic carbocycles. The SMILES string of the molecule is CC(C)C(N)C(CO)SCC(=O)OC(C)(C)C. The molecule has 2 unspecified atom stereocenters. The highest BCUT2D eigenvalue weighted by Gasteiger charge is 2.23. The van der Waals surface area contributed by atoms with Crippen molar-refractivity contribution < 1.29 is 14.6 Å². The highest BCUT2D eigenvalue weighted by Crippen LogP contribution is 2.19. The summed E-state index contributed by atoms with van der Waals surface area (Å²) in [5, 5.41) is 9.12. The Hall–Kier alpha value is -0.260. The predicted molar refractivity (Wildman–Crippen MR) is 72.0 cm³/mol. The number of aliphatic hydroxyl groups is 1. The van der Waals surface area contributed by atoms with E-state index in [1.807, 2.05) is 34.6 Å². The highest BCUT2D eigenvalue weighted by molar-refractivity contribution is 8.00. The van der Waals surface area contributed by atoms with Gasteiger partial charge in [-0.2, -0.15) is 0 Å². The molecule has 0 aliphatic heterocycles. The monoisotopic (exact) mass is 263 g/mol. The number of aliphatic hydroxyl groups excluding tert-OH is 1. The average Bonchev–Trinajstić information content (AvgIpc) is 2.15. The van der Waals surface area contributed by atoms with Gasteiger partial charge >= 0.3 is 5.97 Å². The first-order valence-electron chi connectivity index (χ1n) is 5.87. The summed E-state index contributed by atoms with van der Waals surface area (Å²) in [6.07, 6.45) is 0. The van der Waals surface area contributed by atoms with Crippen LogP contribution in [0.5, 0.6) is 0 Å². The van der Waals surface area contributed by atoms with Crippen LogP contribution in [-0.4, -0.2) is 40.3 Å². The van der Waals surface area contributed by atoms with E-state index < -0.39 is 5.60 Å². The van der Waals surface area contributed by atoms with E-state index in [0.717, 1.165) is 0 Å². The highest BCUT2D eigenvalue weighted by atomic mass is 32.2. The fourth-order valence-corrected chi connectivity index (χ4v) is 2.31. The molecule has 0 aromatic rings. The van der Waals surface area contributed by atoms with Crippen LogP contribution in [0.2, 0.25) is 0 Å². The number of rotatable bonds is 6. The van der Waals surface area contributed by atoms with Crippen LogP contribution in [0.4, 0.5) is 0 Å². The van der Waals surface area contributed by atoms with Crippen molar-refractivity contribution in [1.29, 1.82) is 0 Å². The van der Waals surface area contributed by atoms with Crippen LogP contribution >= 0.6 is 11.8 Å². The second kappa shape index (κ2) is 7.24. The molecule has 0 heterocycles. The molecule has 0 saturated heterocycles. The van der Waals surface area contributed by atoms with Gasteiger partial charge in [-0.25, -0.2) is 0 Å². The Balaban J connectivity index is 4.11. The number of thioether (sulfide) groups is 1. The summed E-state index contributed by atoms with van der Waals surface area (Å²) in [4.78, 5) is 11.5. The van der Waals surface area contributed by atoms with E-state index in [9.17, 15) is 9.90 Å². The van der Waals surface area contributed by atoms with E-state index in [-0.39, 0.29) is 35.5 Å². The quantitative estimate of drug-likeness (QED) is 0.709. The second-order valence-corrected chi connectivity index (χ2v) is 6.67. The normalized spacial score (nSPS) is 15.8. The van der Waals surface area contributed by atoms with Gasteiger partial charge in [-0.1, -0.05) is 13.8 Å². The standard InChI is InChI=1S/C12H25NO3S/c1-8(2)11(13)9(6-14)17-7-10(15)16-12(3,4)5/h8-9,11,14H,6-7,13H2,1-5H3. The van der Waals surface area contributed by atoms with Gasteiger partial charge in [0.2, 0.25) is 0 Å². The zero-order valence-electron chi connectivity index (χ0n) is 11.4. The van der Waals surface area contributed by atoms with Gasteiger partial charge in [-0.05, 0) is 26.7 Å². The number of carbonyl (C=O) groups excluding carboxylic acids is 1. The zero-order valence-corrected chi connectivity index (χ0v) is 12.2. The lowest BCUT2D eigenvalue weighted by atomic mass is 10.0. The van der Waals surface area contributed by atoms with Gasteiger partial charge < -0.3 is 15.6 Å². The smallest absolute Gasteiger partial charge is 0.316 e. The summed E-state index contributed by atoms with van der Waals surface area (Å²) < 4.78 is 5.19. The topological polar surface area (TPSA) is 72.5 Å². The molecule has 3 N–H and O–H groups in total. The van der Waals surface area contributed by atoms with Crippen molar-refractivity contribution in [2.75, 3.05) is 12.4 Å². The van der Waals surface area contributed by atoms with Crippen molar-refractivity contribution in [2.24, 2.45) is 11.7 Å². The maximum Gasteiger partial charge on any atom is 0.316 e. The molecule has 17 heavy (non-hydrogen) atoms. The third kappa shape index (κ3) is 7.63. The lowest BCUT2D eigenvalue weighted by Gasteiger charge is -2.25. The van der Waals surface area contributed by atoms with Crippen molar-refractivity contribution >= 4 is 17.7 Å². The van der Waals surface area contributed by atoms with Crippen LogP contribution < -0.4 is 5.73 Å². The Bertz CT molecular complexity index is 238. The molecule has 102 valence electrons. The number of nitrogens with two attached hydrogens (primary N) is 1. The summed E-state index contributed by atoms with van der Waals surface area (Å²) in [5.74, 6) is 0.235. The number of esters is 1. The first-order valence-corrected chi connectivity index (χ1v) is 6.92. The van der Waals surface area contributed by atoms with Gasteiger partial charge in [0.1, 0.15) is 5.60 Å². The molecular weight excluding hydrogens is 238 g/mol. The average molecular weight is 263 g/mol. The maximum atomic E-state index is 11.5. The lowest BCUT2D eigenvalue weighted by molar-refractivity contribution is -0.151. The summed E-state index contributed by atoms with van der Waals surface area (Å²) in [5.41, 5.74) is 5.49. The van der Waals surface area contributed by atoms with E-state index in [1.165, 1.54) is 11.8 Å². The molecule has 5 heteroatoms. The first kappa shape index (κ1) is 16.7. The van der Waals surface area contributed by atoms with Crippen LogP contribution in [0.1, 0.15) is 34.6 Å². The Labute approximate surface area is 108 Å². The largest absolute Gasteiger partial charge is 0.459 e. The molecule has 0 aliphatic carbocycles. The Morgan fingerprint density at radius 3 is 2.29 bits per heavy atom. The summed E-state index contributed by atoms with van der Waals surface area (Å²) >= 11 is 1.36. The van der Waals surface area contributed by atoms with Crippen molar-refractivity contribution in [1.82, 2.24) is 0 Å². The Morgan fingerprint density at radius 1 is 1.41 bits per heavy atom. The fraction of sp³-hybridized carbons (Fsp3) is 0.917. The minimum absolute atomic E-state index is 0.0210. The van der Waals surface area contributed by atoms with Crippen molar-refractivity contribution in [2.45, 2.75) is 51.5 Å². The molecule has 0 fully saturated rings. The van der Waals surface area contributed by atoms with E-state index in [4.69, 9.17) is 10.5 Å². The molecule has 4 nitrogen and oxygen atoms in total. The number of hydrogen-bond acceptors (Lipinski definition) is 5. The molecule has 0 saturated carbocycles. The molecule has 0 bridgehead atoms. The van der Waals surface area contributed by atoms with E-state index in [1.54, 1.807) is 0 Å². The van der Waals surface area contributed by atoms with Gasteiger partial charge in [0.15, 0.2) is 0 Å².